The molecular weight excluding hydrogens is 233 g/mol. The molecule has 0 atom stereocenters. The molecule has 0 aliphatic heterocycles. The number of anilines is 1. The van der Waals surface area contributed by atoms with Crippen molar-refractivity contribution in [3.63, 3.8) is 0 Å². The topological polar surface area (TPSA) is 26.0 Å². The minimum Gasteiger partial charge on any atom is -0.398 e. The van der Waals surface area contributed by atoms with E-state index in [2.05, 4.69) is 0 Å². The van der Waals surface area contributed by atoms with E-state index in [0.717, 1.165) is 27.5 Å². The highest BCUT2D eigenvalue weighted by Gasteiger charge is 2.03. The number of para-hydroxylation sites is 1. The lowest BCUT2D eigenvalue weighted by Crippen LogP contribution is -1.90. The predicted molar refractivity (Wildman–Crippen MR) is 71.6 cm³/mol. The molecule has 0 fully saturated rings. The number of rotatable bonds is 3. The number of benzene rings is 2. The van der Waals surface area contributed by atoms with Crippen molar-refractivity contribution in [2.75, 3.05) is 5.73 Å². The summed E-state index contributed by atoms with van der Waals surface area (Å²) in [5.41, 5.74) is 8.77. The molecule has 1 nitrogen and oxygen atoms in total. The Kier molecular flexibility index (Phi) is 3.69. The van der Waals surface area contributed by atoms with Crippen LogP contribution in [0.2, 0.25) is 0 Å². The molecule has 0 saturated heterocycles. The molecule has 0 aromatic heterocycles. The van der Waals surface area contributed by atoms with E-state index < -0.39 is 0 Å². The maximum Gasteiger partial charge on any atom is 0.123 e. The molecule has 88 valence electrons. The van der Waals surface area contributed by atoms with E-state index in [1.54, 1.807) is 17.8 Å². The third-order valence-electron chi connectivity index (χ3n) is 2.61. The minimum absolute atomic E-state index is 0.185. The van der Waals surface area contributed by atoms with Crippen molar-refractivity contribution in [1.82, 2.24) is 0 Å². The van der Waals surface area contributed by atoms with E-state index >= 15 is 0 Å². The van der Waals surface area contributed by atoms with Gasteiger partial charge in [0.05, 0.1) is 0 Å². The number of aryl methyl sites for hydroxylation is 1. The number of nitrogen functional groups attached to an aromatic ring is 1. The highest BCUT2D eigenvalue weighted by molar-refractivity contribution is 7.98. The van der Waals surface area contributed by atoms with Gasteiger partial charge in [-0.15, -0.1) is 11.8 Å². The summed E-state index contributed by atoms with van der Waals surface area (Å²) in [4.78, 5) is 1.07. The van der Waals surface area contributed by atoms with Crippen LogP contribution in [0, 0.1) is 12.7 Å². The molecular formula is C14H14FNS. The van der Waals surface area contributed by atoms with Crippen LogP contribution in [0.1, 0.15) is 11.1 Å². The first-order valence-corrected chi connectivity index (χ1v) is 6.37. The zero-order valence-corrected chi connectivity index (χ0v) is 10.4. The minimum atomic E-state index is -0.185. The predicted octanol–water partition coefficient (Wildman–Crippen LogP) is 4.01. The molecule has 2 aromatic carbocycles. The third-order valence-corrected chi connectivity index (χ3v) is 3.74. The fraction of sp³-hybridized carbons (Fsp3) is 0.143. The van der Waals surface area contributed by atoms with Gasteiger partial charge in [0, 0.05) is 16.3 Å². The largest absolute Gasteiger partial charge is 0.398 e. The highest BCUT2D eigenvalue weighted by atomic mass is 32.2. The Bertz CT molecular complexity index is 525. The van der Waals surface area contributed by atoms with Crippen LogP contribution in [-0.4, -0.2) is 0 Å². The van der Waals surface area contributed by atoms with E-state index in [1.807, 2.05) is 37.3 Å². The normalized spacial score (nSPS) is 10.5. The van der Waals surface area contributed by atoms with Gasteiger partial charge in [-0.2, -0.15) is 0 Å². The molecule has 0 aliphatic rings. The van der Waals surface area contributed by atoms with Crippen LogP contribution in [0.15, 0.2) is 47.4 Å². The van der Waals surface area contributed by atoms with E-state index in [-0.39, 0.29) is 5.82 Å². The monoisotopic (exact) mass is 247 g/mol. The summed E-state index contributed by atoms with van der Waals surface area (Å²) in [5.74, 6) is 0.621. The second-order valence-corrected chi connectivity index (χ2v) is 4.91. The zero-order valence-electron chi connectivity index (χ0n) is 9.61. The first-order valence-electron chi connectivity index (χ1n) is 5.39. The lowest BCUT2D eigenvalue weighted by Gasteiger charge is -2.07. The number of thioether (sulfide) groups is 1. The second-order valence-electron chi connectivity index (χ2n) is 3.90. The van der Waals surface area contributed by atoms with Gasteiger partial charge in [0.15, 0.2) is 0 Å². The van der Waals surface area contributed by atoms with Gasteiger partial charge >= 0.3 is 0 Å². The lowest BCUT2D eigenvalue weighted by molar-refractivity contribution is 0.626. The van der Waals surface area contributed by atoms with Gasteiger partial charge in [-0.25, -0.2) is 4.39 Å². The molecule has 0 saturated carbocycles. The van der Waals surface area contributed by atoms with Crippen molar-refractivity contribution in [2.45, 2.75) is 17.6 Å². The summed E-state index contributed by atoms with van der Waals surface area (Å²) in [6.07, 6.45) is 0. The molecule has 17 heavy (non-hydrogen) atoms. The van der Waals surface area contributed by atoms with Gasteiger partial charge in [-0.1, -0.05) is 18.2 Å². The standard InChI is InChI=1S/C14H14FNS/c1-10-8-12(15)7-6-11(10)9-17-14-5-3-2-4-13(14)16/h2-8H,9,16H2,1H3. The Labute approximate surface area is 105 Å². The van der Waals surface area contributed by atoms with E-state index in [9.17, 15) is 4.39 Å². The van der Waals surface area contributed by atoms with Crippen molar-refractivity contribution in [3.8, 4) is 0 Å². The lowest BCUT2D eigenvalue weighted by atomic mass is 10.1. The number of nitrogens with two attached hydrogens (primary N) is 1. The van der Waals surface area contributed by atoms with Crippen LogP contribution in [0.4, 0.5) is 10.1 Å². The van der Waals surface area contributed by atoms with Gasteiger partial charge in [-0.05, 0) is 42.3 Å². The Balaban J connectivity index is 2.10. The number of hydrogen-bond acceptors (Lipinski definition) is 2. The van der Waals surface area contributed by atoms with Gasteiger partial charge in [0.2, 0.25) is 0 Å². The summed E-state index contributed by atoms with van der Waals surface area (Å²) in [6.45, 7) is 1.92. The van der Waals surface area contributed by atoms with Crippen LogP contribution in [0.3, 0.4) is 0 Å². The molecule has 0 bridgehead atoms. The van der Waals surface area contributed by atoms with E-state index in [0.29, 0.717) is 0 Å². The molecule has 0 amide bonds. The van der Waals surface area contributed by atoms with E-state index in [4.69, 9.17) is 5.73 Å². The second kappa shape index (κ2) is 5.23. The smallest absolute Gasteiger partial charge is 0.123 e. The van der Waals surface area contributed by atoms with Crippen molar-refractivity contribution in [1.29, 1.82) is 0 Å². The summed E-state index contributed by atoms with van der Waals surface area (Å²) < 4.78 is 12.9. The van der Waals surface area contributed by atoms with Gasteiger partial charge < -0.3 is 5.73 Å². The fourth-order valence-corrected chi connectivity index (χ4v) is 2.63. The summed E-state index contributed by atoms with van der Waals surface area (Å²) in [7, 11) is 0. The molecule has 0 aliphatic carbocycles. The van der Waals surface area contributed by atoms with Crippen LogP contribution >= 0.6 is 11.8 Å². The Hall–Kier alpha value is -1.48. The van der Waals surface area contributed by atoms with Crippen LogP contribution in [-0.2, 0) is 5.75 Å². The van der Waals surface area contributed by atoms with Crippen LogP contribution in [0.25, 0.3) is 0 Å². The Morgan fingerprint density at radius 2 is 1.94 bits per heavy atom. The molecule has 0 unspecified atom stereocenters. The quantitative estimate of drug-likeness (QED) is 0.655. The maximum atomic E-state index is 12.9. The summed E-state index contributed by atoms with van der Waals surface area (Å²) in [6, 6.07) is 12.7. The van der Waals surface area contributed by atoms with Crippen molar-refractivity contribution in [3.05, 3.63) is 59.4 Å². The summed E-state index contributed by atoms with van der Waals surface area (Å²) >= 11 is 1.67. The maximum absolute atomic E-state index is 12.9. The zero-order chi connectivity index (χ0) is 12.3. The molecule has 2 rings (SSSR count). The van der Waals surface area contributed by atoms with Crippen molar-refractivity contribution in [2.24, 2.45) is 0 Å². The van der Waals surface area contributed by atoms with Crippen molar-refractivity contribution < 1.29 is 4.39 Å². The molecule has 2 N–H and O–H groups in total. The average molecular weight is 247 g/mol. The number of halogens is 1. The average Bonchev–Trinajstić information content (AvgIpc) is 2.30. The van der Waals surface area contributed by atoms with Gasteiger partial charge in [0.1, 0.15) is 5.82 Å². The van der Waals surface area contributed by atoms with Crippen molar-refractivity contribution >= 4 is 17.4 Å². The Morgan fingerprint density at radius 1 is 1.18 bits per heavy atom. The third kappa shape index (κ3) is 3.01. The molecule has 3 heteroatoms. The highest BCUT2D eigenvalue weighted by Crippen LogP contribution is 2.28. The van der Waals surface area contributed by atoms with Gasteiger partial charge in [-0.3, -0.25) is 0 Å². The summed E-state index contributed by atoms with van der Waals surface area (Å²) in [5, 5.41) is 0. The first-order chi connectivity index (χ1) is 8.16. The fourth-order valence-electron chi connectivity index (χ4n) is 1.59. The SMILES string of the molecule is Cc1cc(F)ccc1CSc1ccccc1N. The Morgan fingerprint density at radius 3 is 2.65 bits per heavy atom. The molecule has 0 heterocycles. The first kappa shape index (κ1) is 12.0. The molecule has 0 spiro atoms. The van der Waals surface area contributed by atoms with Crippen LogP contribution in [0.5, 0.6) is 0 Å². The number of hydrogen-bond donors (Lipinski definition) is 1. The van der Waals surface area contributed by atoms with E-state index in [1.165, 1.54) is 6.07 Å². The van der Waals surface area contributed by atoms with Gasteiger partial charge in [0.25, 0.3) is 0 Å². The molecule has 0 radical (unpaired) electrons. The van der Waals surface area contributed by atoms with Crippen LogP contribution < -0.4 is 5.73 Å². The molecule has 2 aromatic rings.